The Bertz CT molecular complexity index is 613. The topological polar surface area (TPSA) is 38.0 Å². The van der Waals surface area contributed by atoms with Crippen molar-refractivity contribution in [1.82, 2.24) is 0 Å². The molecule has 1 aromatic heterocycles. The molecule has 1 atom stereocenters. The molecule has 21 heavy (non-hydrogen) atoms. The summed E-state index contributed by atoms with van der Waals surface area (Å²) in [5.41, 5.74) is 8.21. The van der Waals surface area contributed by atoms with Gasteiger partial charge in [0.2, 0.25) is 0 Å². The standard InChI is InChI=1S/C17H23ClN2S/c1-11-5-6-12(9-13(11)18)20-14(10-19)15-7-8-16(21-15)17(2,3)4/h5-9,14,20H,10,19H2,1-4H3. The van der Waals surface area contributed by atoms with Gasteiger partial charge in [0.25, 0.3) is 0 Å². The van der Waals surface area contributed by atoms with Gasteiger partial charge in [0.15, 0.2) is 0 Å². The smallest absolute Gasteiger partial charge is 0.0728 e. The molecular weight excluding hydrogens is 300 g/mol. The maximum atomic E-state index is 6.18. The Morgan fingerprint density at radius 1 is 1.24 bits per heavy atom. The van der Waals surface area contributed by atoms with Crippen molar-refractivity contribution >= 4 is 28.6 Å². The van der Waals surface area contributed by atoms with Crippen LogP contribution < -0.4 is 11.1 Å². The van der Waals surface area contributed by atoms with Crippen LogP contribution in [0, 0.1) is 6.92 Å². The van der Waals surface area contributed by atoms with E-state index in [-0.39, 0.29) is 11.5 Å². The van der Waals surface area contributed by atoms with E-state index in [2.05, 4.69) is 38.2 Å². The van der Waals surface area contributed by atoms with Gasteiger partial charge in [0.05, 0.1) is 6.04 Å². The van der Waals surface area contributed by atoms with Crippen molar-refractivity contribution in [3.63, 3.8) is 0 Å². The van der Waals surface area contributed by atoms with E-state index in [4.69, 9.17) is 17.3 Å². The number of nitrogens with two attached hydrogens (primary N) is 1. The van der Waals surface area contributed by atoms with Gasteiger partial charge >= 0.3 is 0 Å². The summed E-state index contributed by atoms with van der Waals surface area (Å²) in [5.74, 6) is 0. The van der Waals surface area contributed by atoms with E-state index in [1.54, 1.807) is 0 Å². The van der Waals surface area contributed by atoms with E-state index in [0.29, 0.717) is 6.54 Å². The van der Waals surface area contributed by atoms with Gasteiger partial charge in [-0.3, -0.25) is 0 Å². The average molecular weight is 323 g/mol. The highest BCUT2D eigenvalue weighted by Gasteiger charge is 2.19. The molecule has 0 radical (unpaired) electrons. The second-order valence-electron chi connectivity index (χ2n) is 6.35. The monoisotopic (exact) mass is 322 g/mol. The summed E-state index contributed by atoms with van der Waals surface area (Å²) in [6.07, 6.45) is 0. The third-order valence-electron chi connectivity index (χ3n) is 3.46. The molecule has 0 fully saturated rings. The number of hydrogen-bond acceptors (Lipinski definition) is 3. The second kappa shape index (κ2) is 6.39. The van der Waals surface area contributed by atoms with Gasteiger partial charge in [-0.1, -0.05) is 38.4 Å². The summed E-state index contributed by atoms with van der Waals surface area (Å²) in [6.45, 7) is 9.24. The number of rotatable bonds is 4. The van der Waals surface area contributed by atoms with Crippen LogP contribution in [0.1, 0.15) is 42.1 Å². The van der Waals surface area contributed by atoms with Gasteiger partial charge in [0, 0.05) is 27.0 Å². The fraction of sp³-hybridized carbons (Fsp3) is 0.412. The van der Waals surface area contributed by atoms with Gasteiger partial charge < -0.3 is 11.1 Å². The minimum atomic E-state index is 0.116. The molecule has 0 amide bonds. The van der Waals surface area contributed by atoms with Crippen LogP contribution in [0.5, 0.6) is 0 Å². The first-order valence-corrected chi connectivity index (χ1v) is 8.33. The lowest BCUT2D eigenvalue weighted by atomic mass is 9.95. The van der Waals surface area contributed by atoms with Crippen molar-refractivity contribution in [3.8, 4) is 0 Å². The molecule has 1 aromatic carbocycles. The van der Waals surface area contributed by atoms with Crippen LogP contribution in [0.15, 0.2) is 30.3 Å². The predicted octanol–water partition coefficient (Wildman–Crippen LogP) is 5.12. The molecule has 2 rings (SSSR count). The van der Waals surface area contributed by atoms with Crippen LogP contribution in [0.3, 0.4) is 0 Å². The zero-order chi connectivity index (χ0) is 15.6. The summed E-state index contributed by atoms with van der Waals surface area (Å²) in [5, 5.41) is 4.25. The van der Waals surface area contributed by atoms with E-state index < -0.39 is 0 Å². The van der Waals surface area contributed by atoms with Crippen molar-refractivity contribution in [2.24, 2.45) is 5.73 Å². The molecule has 3 N–H and O–H groups in total. The van der Waals surface area contributed by atoms with Crippen molar-refractivity contribution in [3.05, 3.63) is 50.7 Å². The number of nitrogens with one attached hydrogen (secondary N) is 1. The van der Waals surface area contributed by atoms with Crippen molar-refractivity contribution in [2.75, 3.05) is 11.9 Å². The lowest BCUT2D eigenvalue weighted by Crippen LogP contribution is -2.19. The second-order valence-corrected chi connectivity index (χ2v) is 7.87. The van der Waals surface area contributed by atoms with Crippen molar-refractivity contribution in [2.45, 2.75) is 39.2 Å². The van der Waals surface area contributed by atoms with Crippen LogP contribution in [0.2, 0.25) is 5.02 Å². The Hall–Kier alpha value is -1.03. The summed E-state index contributed by atoms with van der Waals surface area (Å²) in [7, 11) is 0. The summed E-state index contributed by atoms with van der Waals surface area (Å²) < 4.78 is 0. The van der Waals surface area contributed by atoms with Gasteiger partial charge in [-0.05, 0) is 42.2 Å². The molecule has 4 heteroatoms. The molecule has 0 spiro atoms. The summed E-state index contributed by atoms with van der Waals surface area (Å²) in [6, 6.07) is 10.5. The number of hydrogen-bond donors (Lipinski definition) is 2. The number of aryl methyl sites for hydroxylation is 1. The van der Waals surface area contributed by atoms with Crippen LogP contribution in [-0.4, -0.2) is 6.54 Å². The lowest BCUT2D eigenvalue weighted by Gasteiger charge is -2.19. The third-order valence-corrected chi connectivity index (χ3v) is 5.49. The first-order chi connectivity index (χ1) is 9.81. The van der Waals surface area contributed by atoms with E-state index in [0.717, 1.165) is 16.3 Å². The number of benzene rings is 1. The third kappa shape index (κ3) is 4.00. The van der Waals surface area contributed by atoms with Gasteiger partial charge in [0.1, 0.15) is 0 Å². The molecular formula is C17H23ClN2S. The zero-order valence-electron chi connectivity index (χ0n) is 13.0. The first kappa shape index (κ1) is 16.3. The molecule has 114 valence electrons. The van der Waals surface area contributed by atoms with Crippen LogP contribution in [0.25, 0.3) is 0 Å². The Morgan fingerprint density at radius 3 is 2.48 bits per heavy atom. The number of halogens is 1. The highest BCUT2D eigenvalue weighted by atomic mass is 35.5. The highest BCUT2D eigenvalue weighted by molar-refractivity contribution is 7.12. The molecule has 2 aromatic rings. The minimum Gasteiger partial charge on any atom is -0.376 e. The quantitative estimate of drug-likeness (QED) is 0.820. The zero-order valence-corrected chi connectivity index (χ0v) is 14.6. The molecule has 0 aliphatic heterocycles. The summed E-state index contributed by atoms with van der Waals surface area (Å²) in [4.78, 5) is 2.64. The van der Waals surface area contributed by atoms with Crippen LogP contribution >= 0.6 is 22.9 Å². The van der Waals surface area contributed by atoms with E-state index >= 15 is 0 Å². The average Bonchev–Trinajstić information content (AvgIpc) is 2.89. The molecule has 1 heterocycles. The van der Waals surface area contributed by atoms with Crippen molar-refractivity contribution < 1.29 is 0 Å². The van der Waals surface area contributed by atoms with Crippen molar-refractivity contribution in [1.29, 1.82) is 0 Å². The first-order valence-electron chi connectivity index (χ1n) is 7.14. The fourth-order valence-electron chi connectivity index (χ4n) is 2.07. The molecule has 0 aliphatic rings. The van der Waals surface area contributed by atoms with Crippen LogP contribution in [-0.2, 0) is 5.41 Å². The molecule has 0 saturated carbocycles. The van der Waals surface area contributed by atoms with Crippen LogP contribution in [0.4, 0.5) is 5.69 Å². The molecule has 1 unspecified atom stereocenters. The van der Waals surface area contributed by atoms with E-state index in [1.807, 2.05) is 36.5 Å². The van der Waals surface area contributed by atoms with Gasteiger partial charge in [-0.15, -0.1) is 11.3 Å². The lowest BCUT2D eigenvalue weighted by molar-refractivity contribution is 0.604. The maximum Gasteiger partial charge on any atom is 0.0728 e. The van der Waals surface area contributed by atoms with Gasteiger partial charge in [-0.25, -0.2) is 0 Å². The van der Waals surface area contributed by atoms with E-state index in [1.165, 1.54) is 9.75 Å². The minimum absolute atomic E-state index is 0.116. The molecule has 2 nitrogen and oxygen atoms in total. The number of thiophene rings is 1. The predicted molar refractivity (Wildman–Crippen MR) is 94.6 cm³/mol. The Morgan fingerprint density at radius 2 is 1.95 bits per heavy atom. The summed E-state index contributed by atoms with van der Waals surface area (Å²) >= 11 is 8.01. The Balaban J connectivity index is 2.19. The number of anilines is 1. The van der Waals surface area contributed by atoms with Gasteiger partial charge in [-0.2, -0.15) is 0 Å². The maximum absolute atomic E-state index is 6.18. The Kier molecular flexibility index (Phi) is 4.97. The normalized spacial score (nSPS) is 13.2. The molecule has 0 bridgehead atoms. The fourth-order valence-corrected chi connectivity index (χ4v) is 3.38. The Labute approximate surface area is 136 Å². The molecule has 0 saturated heterocycles. The SMILES string of the molecule is Cc1ccc(NC(CN)c2ccc(C(C)(C)C)s2)cc1Cl. The highest BCUT2D eigenvalue weighted by Crippen LogP contribution is 2.33. The largest absolute Gasteiger partial charge is 0.376 e. The molecule has 0 aliphatic carbocycles. The van der Waals surface area contributed by atoms with E-state index in [9.17, 15) is 0 Å².